The third-order valence-corrected chi connectivity index (χ3v) is 9.55. The molecule has 6 aromatic rings. The maximum absolute atomic E-state index is 11.0. The molecule has 0 atom stereocenters. The molecule has 0 bridgehead atoms. The van der Waals surface area contributed by atoms with Crippen LogP contribution in [0, 0.1) is 13.8 Å². The number of rotatable bonds is 21. The summed E-state index contributed by atoms with van der Waals surface area (Å²) < 4.78 is 23.6. The van der Waals surface area contributed by atoms with Gasteiger partial charge in [0.15, 0.2) is 5.78 Å². The average molecular weight is 753 g/mol. The Bertz CT molecular complexity index is 2260. The Morgan fingerprint density at radius 2 is 1.21 bits per heavy atom. The van der Waals surface area contributed by atoms with E-state index in [1.54, 1.807) is 0 Å². The van der Waals surface area contributed by atoms with Gasteiger partial charge >= 0.3 is 0 Å². The van der Waals surface area contributed by atoms with Gasteiger partial charge in [-0.15, -0.1) is 0 Å². The van der Waals surface area contributed by atoms with E-state index < -0.39 is 0 Å². The van der Waals surface area contributed by atoms with Crippen molar-refractivity contribution in [2.45, 2.75) is 53.1 Å². The molecule has 4 aromatic carbocycles. The summed E-state index contributed by atoms with van der Waals surface area (Å²) in [6.07, 6.45) is 7.68. The van der Waals surface area contributed by atoms with Crippen LogP contribution < -0.4 is 0 Å². The zero-order chi connectivity index (χ0) is 39.1. The molecule has 0 aliphatic heterocycles. The van der Waals surface area contributed by atoms with E-state index in [4.69, 9.17) is 28.9 Å². The van der Waals surface area contributed by atoms with Crippen LogP contribution in [0.5, 0.6) is 0 Å². The number of carbonyl (C=O) groups is 1. The van der Waals surface area contributed by atoms with Crippen molar-refractivity contribution in [3.05, 3.63) is 143 Å². The second kappa shape index (κ2) is 20.6. The van der Waals surface area contributed by atoms with E-state index in [-0.39, 0.29) is 11.5 Å². The molecule has 8 nitrogen and oxygen atoms in total. The first-order valence-corrected chi connectivity index (χ1v) is 19.5. The number of aryl methyl sites for hydroxylation is 2. The van der Waals surface area contributed by atoms with E-state index in [1.807, 2.05) is 18.5 Å². The van der Waals surface area contributed by atoms with E-state index in [1.165, 1.54) is 40.6 Å². The van der Waals surface area contributed by atoms with Crippen LogP contribution in [0.25, 0.3) is 44.1 Å². The Kier molecular flexibility index (Phi) is 14.9. The second-order valence-electron chi connectivity index (χ2n) is 14.2. The molecule has 2 aromatic heterocycles. The van der Waals surface area contributed by atoms with Gasteiger partial charge in [0, 0.05) is 53.4 Å². The van der Waals surface area contributed by atoms with Crippen LogP contribution in [0.3, 0.4) is 0 Å². The van der Waals surface area contributed by atoms with Gasteiger partial charge in [-0.1, -0.05) is 65.7 Å². The highest BCUT2D eigenvalue weighted by Gasteiger charge is 2.11. The summed E-state index contributed by atoms with van der Waals surface area (Å²) in [4.78, 5) is 20.6. The SMILES string of the molecule is CC(=O)C=C(O)CCCOCCOCc1cccc2c(-c3cc(C)cc(CCOCCOCCc4cc(C)cc(-c5nccc6ccccc56)c4)c3)nccc12. The van der Waals surface area contributed by atoms with Gasteiger partial charge in [0.2, 0.25) is 0 Å². The smallest absolute Gasteiger partial charge is 0.155 e. The second-order valence-corrected chi connectivity index (χ2v) is 14.2. The summed E-state index contributed by atoms with van der Waals surface area (Å²) >= 11 is 0. The standard InChI is InChI=1S/C48H52N2O6/c1-34-26-37(31-41(28-34)47-45-11-5-4-8-39(45)13-17-49-47)15-20-54-22-23-55-21-16-38-27-35(2)29-42(32-38)48-46-12-6-9-40(44(46)14-18-50-48)33-56-25-24-53-19-7-10-43(52)30-36(3)51/h4-6,8-9,11-14,17-18,26-32,52H,7,10,15-16,19-25,33H2,1-3H3. The fourth-order valence-corrected chi connectivity index (χ4v) is 7.03. The third-order valence-electron chi connectivity index (χ3n) is 9.55. The fourth-order valence-electron chi connectivity index (χ4n) is 7.03. The minimum Gasteiger partial charge on any atom is -0.512 e. The van der Waals surface area contributed by atoms with Gasteiger partial charge in [0.25, 0.3) is 0 Å². The van der Waals surface area contributed by atoms with Crippen molar-refractivity contribution >= 4 is 27.3 Å². The number of carbonyl (C=O) groups excluding carboxylic acids is 1. The molecule has 0 aliphatic rings. The molecule has 0 saturated heterocycles. The zero-order valence-corrected chi connectivity index (χ0v) is 32.8. The molecular weight excluding hydrogens is 701 g/mol. The third kappa shape index (κ3) is 11.6. The number of pyridine rings is 2. The van der Waals surface area contributed by atoms with Gasteiger partial charge in [0.1, 0.15) is 0 Å². The van der Waals surface area contributed by atoms with Crippen molar-refractivity contribution < 1.29 is 28.8 Å². The molecule has 0 aliphatic carbocycles. The van der Waals surface area contributed by atoms with Crippen molar-refractivity contribution in [2.75, 3.05) is 46.2 Å². The molecule has 6 rings (SSSR count). The summed E-state index contributed by atoms with van der Waals surface area (Å²) in [6.45, 7) is 9.87. The van der Waals surface area contributed by atoms with E-state index in [9.17, 15) is 9.90 Å². The summed E-state index contributed by atoms with van der Waals surface area (Å²) in [5, 5.41) is 14.2. The number of aliphatic hydroxyl groups is 1. The van der Waals surface area contributed by atoms with Gasteiger partial charge in [-0.05, 0) is 104 Å². The predicted octanol–water partition coefficient (Wildman–Crippen LogP) is 9.90. The lowest BCUT2D eigenvalue weighted by atomic mass is 9.97. The van der Waals surface area contributed by atoms with Crippen molar-refractivity contribution in [1.29, 1.82) is 0 Å². The number of hydrogen-bond donors (Lipinski definition) is 1. The minimum absolute atomic E-state index is 0.0892. The van der Waals surface area contributed by atoms with Crippen molar-refractivity contribution in [3.8, 4) is 22.5 Å². The number of aliphatic hydroxyl groups excluding tert-OH is 1. The highest BCUT2D eigenvalue weighted by Crippen LogP contribution is 2.31. The van der Waals surface area contributed by atoms with Gasteiger partial charge in [-0.25, -0.2) is 0 Å². The van der Waals surface area contributed by atoms with Crippen molar-refractivity contribution in [2.24, 2.45) is 0 Å². The first-order valence-electron chi connectivity index (χ1n) is 19.5. The number of ketones is 1. The van der Waals surface area contributed by atoms with E-state index in [0.29, 0.717) is 65.7 Å². The number of aromatic nitrogens is 2. The fraction of sp³-hybridized carbons (Fsp3) is 0.312. The Hall–Kier alpha value is -5.25. The molecule has 0 fully saturated rings. The monoisotopic (exact) mass is 752 g/mol. The van der Waals surface area contributed by atoms with E-state index in [2.05, 4.69) is 98.8 Å². The number of benzene rings is 4. The average Bonchev–Trinajstić information content (AvgIpc) is 3.18. The Balaban J connectivity index is 0.942. The molecular formula is C48H52N2O6. The largest absolute Gasteiger partial charge is 0.512 e. The first kappa shape index (κ1) is 40.4. The summed E-state index contributed by atoms with van der Waals surface area (Å²) in [6, 6.07) is 32.0. The number of nitrogens with zero attached hydrogens (tertiary/aromatic N) is 2. The number of fused-ring (bicyclic) bond motifs is 2. The van der Waals surface area contributed by atoms with Crippen LogP contribution in [0.4, 0.5) is 0 Å². The topological polar surface area (TPSA) is 100 Å². The predicted molar refractivity (Wildman–Crippen MR) is 224 cm³/mol. The molecule has 56 heavy (non-hydrogen) atoms. The molecule has 1 N–H and O–H groups in total. The Labute approximate surface area is 330 Å². The highest BCUT2D eigenvalue weighted by atomic mass is 16.5. The van der Waals surface area contributed by atoms with Crippen LogP contribution in [-0.4, -0.2) is 67.1 Å². The van der Waals surface area contributed by atoms with Crippen LogP contribution in [-0.2, 0) is 43.2 Å². The van der Waals surface area contributed by atoms with Crippen LogP contribution in [0.15, 0.2) is 115 Å². The van der Waals surface area contributed by atoms with E-state index >= 15 is 0 Å². The van der Waals surface area contributed by atoms with Crippen molar-refractivity contribution in [3.63, 3.8) is 0 Å². The van der Waals surface area contributed by atoms with E-state index in [0.717, 1.165) is 57.1 Å². The first-order chi connectivity index (χ1) is 27.3. The molecule has 2 heterocycles. The summed E-state index contributed by atoms with van der Waals surface area (Å²) in [7, 11) is 0. The normalized spacial score (nSPS) is 11.8. The van der Waals surface area contributed by atoms with Gasteiger partial charge in [0.05, 0.1) is 63.4 Å². The molecule has 8 heteroatoms. The van der Waals surface area contributed by atoms with Gasteiger partial charge in [-0.3, -0.25) is 14.8 Å². The molecule has 0 spiro atoms. The van der Waals surface area contributed by atoms with Gasteiger partial charge in [-0.2, -0.15) is 0 Å². The number of ether oxygens (including phenoxy) is 4. The maximum Gasteiger partial charge on any atom is 0.155 e. The van der Waals surface area contributed by atoms with Crippen molar-refractivity contribution in [1.82, 2.24) is 9.97 Å². The summed E-state index contributed by atoms with van der Waals surface area (Å²) in [5.74, 6) is -0.0707. The maximum atomic E-state index is 11.0. The van der Waals surface area contributed by atoms with Crippen LogP contribution in [0.2, 0.25) is 0 Å². The Morgan fingerprint density at radius 1 is 0.625 bits per heavy atom. The summed E-state index contributed by atoms with van der Waals surface area (Å²) in [5.41, 5.74) is 10.1. The Morgan fingerprint density at radius 3 is 1.89 bits per heavy atom. The molecule has 0 unspecified atom stereocenters. The molecule has 290 valence electrons. The van der Waals surface area contributed by atoms with Crippen LogP contribution >= 0.6 is 0 Å². The lowest BCUT2D eigenvalue weighted by Crippen LogP contribution is -2.09. The quantitative estimate of drug-likeness (QED) is 0.0441. The zero-order valence-electron chi connectivity index (χ0n) is 32.8. The number of hydrogen-bond acceptors (Lipinski definition) is 8. The molecule has 0 radical (unpaired) electrons. The lowest BCUT2D eigenvalue weighted by Gasteiger charge is -2.13. The highest BCUT2D eigenvalue weighted by molar-refractivity contribution is 5.97. The number of allylic oxidation sites excluding steroid dienone is 2. The molecule has 0 amide bonds. The van der Waals surface area contributed by atoms with Gasteiger partial charge < -0.3 is 24.1 Å². The molecule has 0 saturated carbocycles. The lowest BCUT2D eigenvalue weighted by molar-refractivity contribution is -0.112. The minimum atomic E-state index is -0.160. The van der Waals surface area contributed by atoms with Crippen LogP contribution in [0.1, 0.15) is 47.6 Å².